The van der Waals surface area contributed by atoms with Crippen molar-refractivity contribution in [2.75, 3.05) is 0 Å². The smallest absolute Gasteiger partial charge is 0.0774 e. The van der Waals surface area contributed by atoms with Gasteiger partial charge >= 0.3 is 0 Å². The number of hydrogen-bond acceptors (Lipinski definition) is 3. The number of pyridine rings is 1. The SMILES string of the molecule is [2H]C([2H])([2H])c1c[c-]c(-c2ccc(C([2H])([2H])[2H])cn2)cc1.[Ir].[c-]1sc2ccc(-c3ccc4ccccc4c3)cc2c1-c1nc2ccccc2n1-c1ccc(-c2ccccc2)cc1. The topological polar surface area (TPSA) is 30.7 Å². The van der Waals surface area contributed by atoms with Crippen molar-refractivity contribution in [2.45, 2.75) is 13.7 Å². The third kappa shape index (κ3) is 7.43. The summed E-state index contributed by atoms with van der Waals surface area (Å²) in [6.45, 7) is -4.34. The molecule has 3 aromatic heterocycles. The molecule has 5 heteroatoms. The van der Waals surface area contributed by atoms with Crippen LogP contribution in [-0.4, -0.2) is 14.5 Å². The predicted molar refractivity (Wildman–Crippen MR) is 227 cm³/mol. The zero-order valence-electron chi connectivity index (χ0n) is 35.3. The molecule has 0 fully saturated rings. The van der Waals surface area contributed by atoms with Crippen LogP contribution < -0.4 is 0 Å². The Morgan fingerprint density at radius 3 is 2.11 bits per heavy atom. The molecule has 10 rings (SSSR count). The molecule has 0 atom stereocenters. The van der Waals surface area contributed by atoms with Crippen LogP contribution in [-0.2, 0) is 20.1 Å². The molecule has 55 heavy (non-hydrogen) atoms. The van der Waals surface area contributed by atoms with Gasteiger partial charge in [-0.2, -0.15) is 0 Å². The Morgan fingerprint density at radius 1 is 0.618 bits per heavy atom. The van der Waals surface area contributed by atoms with Crippen molar-refractivity contribution in [3.63, 3.8) is 0 Å². The summed E-state index contributed by atoms with van der Waals surface area (Å²) in [4.78, 5) is 9.22. The second kappa shape index (κ2) is 15.8. The van der Waals surface area contributed by atoms with Crippen molar-refractivity contribution in [1.82, 2.24) is 14.5 Å². The number of para-hydroxylation sites is 2. The maximum absolute atomic E-state index is 7.28. The molecule has 0 aliphatic carbocycles. The van der Waals surface area contributed by atoms with Gasteiger partial charge < -0.3 is 9.55 Å². The number of benzene rings is 7. The third-order valence-electron chi connectivity index (χ3n) is 9.46. The first kappa shape index (κ1) is 29.4. The molecule has 0 N–H and O–H groups in total. The number of aryl methyl sites for hydroxylation is 2. The minimum atomic E-state index is -2.18. The predicted octanol–water partition coefficient (Wildman–Crippen LogP) is 13.4. The molecule has 0 unspecified atom stereocenters. The van der Waals surface area contributed by atoms with Gasteiger partial charge in [0.2, 0.25) is 0 Å². The molecule has 0 saturated heterocycles. The number of rotatable bonds is 5. The largest absolute Gasteiger partial charge is 0.333 e. The zero-order valence-corrected chi connectivity index (χ0v) is 32.5. The number of aromatic nitrogens is 3. The monoisotopic (exact) mass is 908 g/mol. The molecular weight excluding hydrogens is 867 g/mol. The van der Waals surface area contributed by atoms with Crippen LogP contribution in [0.5, 0.6) is 0 Å². The van der Waals surface area contributed by atoms with E-state index in [1.165, 1.54) is 67.5 Å². The van der Waals surface area contributed by atoms with E-state index in [0.717, 1.165) is 28.1 Å². The summed E-state index contributed by atoms with van der Waals surface area (Å²) in [5, 5.41) is 7.28. The van der Waals surface area contributed by atoms with E-state index in [2.05, 4.69) is 161 Å². The van der Waals surface area contributed by atoms with Crippen molar-refractivity contribution < 1.29 is 28.3 Å². The Hall–Kier alpha value is -5.97. The summed E-state index contributed by atoms with van der Waals surface area (Å²) in [5.41, 5.74) is 10.5. The van der Waals surface area contributed by atoms with Gasteiger partial charge in [-0.05, 0) is 81.5 Å². The Labute approximate surface area is 347 Å². The number of fused-ring (bicyclic) bond motifs is 3. The molecular formula is C50H35IrN3S-2. The molecule has 0 amide bonds. The van der Waals surface area contributed by atoms with Crippen molar-refractivity contribution in [2.24, 2.45) is 0 Å². The minimum absolute atomic E-state index is 0. The fourth-order valence-corrected chi connectivity index (χ4v) is 7.54. The van der Waals surface area contributed by atoms with E-state index in [0.29, 0.717) is 11.3 Å². The van der Waals surface area contributed by atoms with E-state index in [1.54, 1.807) is 23.5 Å². The number of thiophene rings is 1. The van der Waals surface area contributed by atoms with Gasteiger partial charge in [0.15, 0.2) is 0 Å². The summed E-state index contributed by atoms with van der Waals surface area (Å²) in [5.74, 6) is 0.913. The Morgan fingerprint density at radius 2 is 1.33 bits per heavy atom. The van der Waals surface area contributed by atoms with Crippen LogP contribution in [0.1, 0.15) is 19.4 Å². The van der Waals surface area contributed by atoms with Crippen molar-refractivity contribution >= 4 is 43.2 Å². The van der Waals surface area contributed by atoms with Crippen LogP contribution in [0.4, 0.5) is 0 Å². The minimum Gasteiger partial charge on any atom is -0.333 e. The molecule has 0 spiro atoms. The fourth-order valence-electron chi connectivity index (χ4n) is 6.72. The van der Waals surface area contributed by atoms with Crippen molar-refractivity contribution in [3.8, 4) is 50.6 Å². The summed E-state index contributed by atoms with van der Waals surface area (Å²) in [6, 6.07) is 60.0. The molecule has 0 aliphatic heterocycles. The van der Waals surface area contributed by atoms with Crippen molar-refractivity contribution in [3.05, 3.63) is 199 Å². The van der Waals surface area contributed by atoms with Gasteiger partial charge in [-0.3, -0.25) is 16.3 Å². The summed E-state index contributed by atoms with van der Waals surface area (Å²) >= 11 is 1.65. The van der Waals surface area contributed by atoms with E-state index < -0.39 is 13.7 Å². The molecule has 3 nitrogen and oxygen atoms in total. The summed E-state index contributed by atoms with van der Waals surface area (Å²) < 4.78 is 47.1. The van der Waals surface area contributed by atoms with Crippen molar-refractivity contribution in [1.29, 1.82) is 0 Å². The average molecular weight is 908 g/mol. The standard InChI is InChI=1S/C37H23N2S.C13H12N.Ir/c1-2-8-25(9-3-1)27-16-19-31(20-17-27)39-35-13-7-6-12-34(35)38-37(39)33-24-40-36-21-18-30(23-32(33)36)29-15-14-26-10-4-5-11-28(26)22-29;1-10-3-6-12(7-4-10)13-8-5-11(2)9-14-13;/h1-23H;3-6,8-9H,1-2H3;/q2*-1;/i;1D3,2D3;. The normalized spacial score (nSPS) is 13.0. The van der Waals surface area contributed by atoms with Crippen LogP contribution in [0, 0.1) is 25.2 Å². The van der Waals surface area contributed by atoms with Gasteiger partial charge in [-0.1, -0.05) is 144 Å². The quantitative estimate of drug-likeness (QED) is 0.161. The Balaban J connectivity index is 0.000000208. The van der Waals surface area contributed by atoms with E-state index in [9.17, 15) is 0 Å². The first-order chi connectivity index (χ1) is 29.0. The van der Waals surface area contributed by atoms with Crippen LogP contribution in [0.15, 0.2) is 176 Å². The molecule has 7 aromatic carbocycles. The van der Waals surface area contributed by atoms with Gasteiger partial charge in [0.1, 0.15) is 0 Å². The Bertz CT molecular complexity index is 3050. The van der Waals surface area contributed by atoms with Crippen LogP contribution in [0.3, 0.4) is 0 Å². The summed E-state index contributed by atoms with van der Waals surface area (Å²) in [6.07, 6.45) is 1.30. The number of imidazole rings is 1. The van der Waals surface area contributed by atoms with Gasteiger partial charge in [-0.25, -0.2) is 0 Å². The molecule has 1 radical (unpaired) electrons. The Kier molecular flexibility index (Phi) is 8.44. The van der Waals surface area contributed by atoms with Gasteiger partial charge in [0.25, 0.3) is 0 Å². The second-order valence-electron chi connectivity index (χ2n) is 12.9. The van der Waals surface area contributed by atoms with E-state index in [1.807, 2.05) is 0 Å². The first-order valence-electron chi connectivity index (χ1n) is 20.6. The molecule has 0 bridgehead atoms. The molecule has 3 heterocycles. The average Bonchev–Trinajstić information content (AvgIpc) is 3.88. The van der Waals surface area contributed by atoms with E-state index in [-0.39, 0.29) is 31.2 Å². The second-order valence-corrected chi connectivity index (χ2v) is 13.8. The zero-order chi connectivity index (χ0) is 41.4. The molecule has 0 aliphatic rings. The van der Waals surface area contributed by atoms with Crippen LogP contribution in [0.25, 0.3) is 82.5 Å². The molecule has 267 valence electrons. The van der Waals surface area contributed by atoms with E-state index >= 15 is 0 Å². The van der Waals surface area contributed by atoms with Crippen LogP contribution >= 0.6 is 11.3 Å². The molecule has 10 aromatic rings. The first-order valence-corrected chi connectivity index (χ1v) is 18.4. The fraction of sp³-hybridized carbons (Fsp3) is 0.0400. The molecule has 0 saturated carbocycles. The van der Waals surface area contributed by atoms with Crippen LogP contribution in [0.2, 0.25) is 0 Å². The van der Waals surface area contributed by atoms with E-state index in [4.69, 9.17) is 13.2 Å². The van der Waals surface area contributed by atoms with Gasteiger partial charge in [0, 0.05) is 40.2 Å². The van der Waals surface area contributed by atoms with Gasteiger partial charge in [-0.15, -0.1) is 40.8 Å². The third-order valence-corrected chi connectivity index (χ3v) is 10.3. The number of nitrogens with zero attached hydrogens (tertiary/aromatic N) is 3. The van der Waals surface area contributed by atoms with Gasteiger partial charge in [0.05, 0.1) is 16.9 Å². The number of hydrogen-bond donors (Lipinski definition) is 0. The maximum atomic E-state index is 7.28. The summed E-state index contributed by atoms with van der Waals surface area (Å²) in [7, 11) is 0. The maximum Gasteiger partial charge on any atom is 0.0774 e.